The van der Waals surface area contributed by atoms with Crippen molar-refractivity contribution in [3.63, 3.8) is 0 Å². The summed E-state index contributed by atoms with van der Waals surface area (Å²) in [4.78, 5) is 33.1. The number of carbonyl (C=O) groups is 2. The highest BCUT2D eigenvalue weighted by Gasteiger charge is 2.39. The number of rotatable bonds is 14. The number of nitrogens with one attached hydrogen (secondary N) is 1. The Hall–Kier alpha value is -4.69. The maximum absolute atomic E-state index is 13.9. The Morgan fingerprint density at radius 3 is 2.15 bits per heavy atom. The van der Waals surface area contributed by atoms with E-state index in [1.54, 1.807) is 0 Å². The van der Waals surface area contributed by atoms with E-state index >= 15 is 0 Å². The van der Waals surface area contributed by atoms with Crippen molar-refractivity contribution in [1.82, 2.24) is 10.4 Å². The van der Waals surface area contributed by atoms with Gasteiger partial charge in [0.2, 0.25) is 0 Å². The summed E-state index contributed by atoms with van der Waals surface area (Å²) < 4.78 is 17.8. The van der Waals surface area contributed by atoms with E-state index in [-0.39, 0.29) is 37.3 Å². The first-order valence-electron chi connectivity index (χ1n) is 15.9. The monoisotopic (exact) mass is 667 g/mol. The molecular formula is C38H45N3O6Si. The van der Waals surface area contributed by atoms with Gasteiger partial charge in [-0.1, -0.05) is 113 Å². The third-order valence-electron chi connectivity index (χ3n) is 8.95. The van der Waals surface area contributed by atoms with Crippen molar-refractivity contribution >= 4 is 20.5 Å². The lowest BCUT2D eigenvalue weighted by molar-refractivity contribution is 0.00462. The number of hydrogen-bond acceptors (Lipinski definition) is 7. The lowest BCUT2D eigenvalue weighted by Gasteiger charge is -2.37. The van der Waals surface area contributed by atoms with Crippen LogP contribution in [0.25, 0.3) is 11.1 Å². The van der Waals surface area contributed by atoms with Gasteiger partial charge in [0.1, 0.15) is 18.8 Å². The third-order valence-corrected chi connectivity index (χ3v) is 13.4. The molecule has 2 unspecified atom stereocenters. The molecule has 3 aromatic carbocycles. The fourth-order valence-electron chi connectivity index (χ4n) is 5.18. The largest absolute Gasteiger partial charge is 0.448 e. The van der Waals surface area contributed by atoms with Crippen LogP contribution >= 0.6 is 0 Å². The van der Waals surface area contributed by atoms with Crippen molar-refractivity contribution in [3.05, 3.63) is 120 Å². The Morgan fingerprint density at radius 1 is 1.00 bits per heavy atom. The van der Waals surface area contributed by atoms with Crippen LogP contribution in [0.3, 0.4) is 0 Å². The molecule has 9 nitrogen and oxygen atoms in total. The smallest absolute Gasteiger partial charge is 0.431 e. The summed E-state index contributed by atoms with van der Waals surface area (Å²) >= 11 is 0. The van der Waals surface area contributed by atoms with Crippen LogP contribution in [0.2, 0.25) is 18.1 Å². The van der Waals surface area contributed by atoms with E-state index in [2.05, 4.69) is 70.7 Å². The molecule has 10 heteroatoms. The minimum atomic E-state index is -2.20. The van der Waals surface area contributed by atoms with Crippen molar-refractivity contribution in [2.45, 2.75) is 63.6 Å². The summed E-state index contributed by atoms with van der Waals surface area (Å²) in [6.07, 6.45) is -1.26. The minimum Gasteiger partial charge on any atom is -0.448 e. The minimum absolute atomic E-state index is 0.0435. The zero-order chi connectivity index (χ0) is 34.9. The molecule has 1 aliphatic rings. The van der Waals surface area contributed by atoms with Crippen LogP contribution in [0.1, 0.15) is 43.4 Å². The second-order valence-electron chi connectivity index (χ2n) is 13.3. The molecule has 0 bridgehead atoms. The van der Waals surface area contributed by atoms with Gasteiger partial charge >= 0.3 is 12.2 Å². The predicted octanol–water partition coefficient (Wildman–Crippen LogP) is 8.12. The lowest BCUT2D eigenvalue weighted by Crippen LogP contribution is -2.48. The average molecular weight is 668 g/mol. The number of nitrogens with zero attached hydrogens (tertiary/aromatic N) is 2. The van der Waals surface area contributed by atoms with Gasteiger partial charge in [-0.25, -0.2) is 9.59 Å². The third kappa shape index (κ3) is 8.80. The number of hydrogen-bond donors (Lipinski definition) is 1. The van der Waals surface area contributed by atoms with E-state index in [1.165, 1.54) is 11.0 Å². The molecule has 48 heavy (non-hydrogen) atoms. The number of hydroxylamine groups is 1. The molecule has 2 amide bonds. The maximum atomic E-state index is 13.9. The van der Waals surface area contributed by atoms with E-state index in [1.807, 2.05) is 66.7 Å². The summed E-state index contributed by atoms with van der Waals surface area (Å²) in [6.45, 7) is 18.5. The van der Waals surface area contributed by atoms with Crippen LogP contribution in [0.4, 0.5) is 9.59 Å². The molecule has 0 fully saturated rings. The normalized spacial score (nSPS) is 13.7. The van der Waals surface area contributed by atoms with Crippen molar-refractivity contribution in [3.8, 4) is 17.2 Å². The number of ether oxygens (including phenoxy) is 2. The van der Waals surface area contributed by atoms with Gasteiger partial charge < -0.3 is 13.9 Å². The molecule has 0 heterocycles. The Morgan fingerprint density at radius 2 is 1.58 bits per heavy atom. The fourth-order valence-corrected chi connectivity index (χ4v) is 6.16. The van der Waals surface area contributed by atoms with Gasteiger partial charge in [-0.2, -0.15) is 10.7 Å². The van der Waals surface area contributed by atoms with Gasteiger partial charge in [-0.15, -0.1) is 0 Å². The van der Waals surface area contributed by atoms with Crippen LogP contribution in [0.15, 0.2) is 104 Å². The van der Waals surface area contributed by atoms with Crippen LogP contribution < -0.4 is 5.48 Å². The molecule has 0 radical (unpaired) electrons. The molecule has 2 atom stereocenters. The Bertz CT molecular complexity index is 1600. The zero-order valence-corrected chi connectivity index (χ0v) is 29.4. The van der Waals surface area contributed by atoms with Gasteiger partial charge in [0.05, 0.1) is 25.8 Å². The van der Waals surface area contributed by atoms with Crippen molar-refractivity contribution < 1.29 is 28.3 Å². The first kappa shape index (κ1) is 36.1. The van der Waals surface area contributed by atoms with Crippen LogP contribution in [-0.2, 0) is 25.3 Å². The van der Waals surface area contributed by atoms with E-state index in [0.29, 0.717) is 5.57 Å². The predicted molar refractivity (Wildman–Crippen MR) is 188 cm³/mol. The summed E-state index contributed by atoms with van der Waals surface area (Å²) in [5, 5.41) is 10.3. The standard InChI is InChI=1S/C38H45N3O6Si/c1-8-29(47-36(42)40-45-25-28-16-10-9-11-17-28)23-41(35(22-39)27(2)24-46-48(6,7)38(3,4)5)37(43)44-26-34-32-20-14-12-18-30(32)31-19-13-15-21-33(31)34/h8-21,29,34-35H,1-2,23-26H2,3-7H3,(H,40,42). The molecule has 0 aliphatic heterocycles. The first-order chi connectivity index (χ1) is 22.9. The lowest BCUT2D eigenvalue weighted by atomic mass is 9.98. The molecular weight excluding hydrogens is 623 g/mol. The van der Waals surface area contributed by atoms with Gasteiger partial charge in [0.15, 0.2) is 8.32 Å². The highest BCUT2D eigenvalue weighted by atomic mass is 28.4. The number of amides is 2. The average Bonchev–Trinajstić information content (AvgIpc) is 3.39. The van der Waals surface area contributed by atoms with Crippen LogP contribution in [0, 0.1) is 11.3 Å². The van der Waals surface area contributed by atoms with Gasteiger partial charge in [-0.05, 0) is 57.6 Å². The highest BCUT2D eigenvalue weighted by molar-refractivity contribution is 6.74. The zero-order valence-electron chi connectivity index (χ0n) is 28.4. The van der Waals surface area contributed by atoms with Crippen LogP contribution in [0.5, 0.6) is 0 Å². The number of carbonyl (C=O) groups excluding carboxylic acids is 2. The molecule has 252 valence electrons. The number of benzene rings is 3. The SMILES string of the molecule is C=CC(CN(C(=O)OCC1c2ccccc2-c2ccccc21)C(C#N)C(=C)CO[Si](C)(C)C(C)(C)C)OC(=O)NOCc1ccccc1. The molecule has 0 saturated heterocycles. The second-order valence-corrected chi connectivity index (χ2v) is 18.1. The van der Waals surface area contributed by atoms with E-state index in [4.69, 9.17) is 18.7 Å². The Labute approximate surface area is 284 Å². The van der Waals surface area contributed by atoms with Crippen molar-refractivity contribution in [2.75, 3.05) is 19.8 Å². The Balaban J connectivity index is 1.50. The van der Waals surface area contributed by atoms with E-state index in [9.17, 15) is 14.9 Å². The maximum Gasteiger partial charge on any atom is 0.431 e. The summed E-state index contributed by atoms with van der Waals surface area (Å²) in [6, 6.07) is 26.5. The van der Waals surface area contributed by atoms with Crippen LogP contribution in [-0.4, -0.2) is 57.3 Å². The number of fused-ring (bicyclic) bond motifs is 3. The molecule has 0 aromatic heterocycles. The molecule has 1 N–H and O–H groups in total. The topological polar surface area (TPSA) is 110 Å². The highest BCUT2D eigenvalue weighted by Crippen LogP contribution is 2.44. The first-order valence-corrected chi connectivity index (χ1v) is 18.8. The van der Waals surface area contributed by atoms with Gasteiger partial charge in [-0.3, -0.25) is 9.74 Å². The summed E-state index contributed by atoms with van der Waals surface area (Å²) in [5.41, 5.74) is 7.80. The van der Waals surface area contributed by atoms with E-state index < -0.39 is 32.6 Å². The summed E-state index contributed by atoms with van der Waals surface area (Å²) in [5.74, 6) is -0.187. The molecule has 1 aliphatic carbocycles. The van der Waals surface area contributed by atoms with Crippen molar-refractivity contribution in [2.24, 2.45) is 0 Å². The van der Waals surface area contributed by atoms with Gasteiger partial charge in [0.25, 0.3) is 0 Å². The summed E-state index contributed by atoms with van der Waals surface area (Å²) in [7, 11) is -2.20. The van der Waals surface area contributed by atoms with Crippen molar-refractivity contribution in [1.29, 1.82) is 5.26 Å². The number of nitriles is 1. The quantitative estimate of drug-likeness (QED) is 0.105. The Kier molecular flexibility index (Phi) is 12.0. The van der Waals surface area contributed by atoms with E-state index in [0.717, 1.165) is 27.8 Å². The second kappa shape index (κ2) is 15.9. The molecule has 0 saturated carbocycles. The molecule has 3 aromatic rings. The van der Waals surface area contributed by atoms with Gasteiger partial charge in [0, 0.05) is 5.92 Å². The molecule has 0 spiro atoms. The molecule has 4 rings (SSSR count). The fraction of sp³-hybridized carbons (Fsp3) is 0.342.